The summed E-state index contributed by atoms with van der Waals surface area (Å²) < 4.78 is 55.2. The molecule has 0 unspecified atom stereocenters. The zero-order valence-electron chi connectivity index (χ0n) is 13.3. The molecule has 0 spiro atoms. The van der Waals surface area contributed by atoms with Gasteiger partial charge in [0.25, 0.3) is 0 Å². The van der Waals surface area contributed by atoms with Crippen LogP contribution in [0.15, 0.2) is 35.7 Å². The highest BCUT2D eigenvalue weighted by Crippen LogP contribution is 2.33. The van der Waals surface area contributed by atoms with E-state index < -0.39 is 17.6 Å². The smallest absolute Gasteiger partial charge is 0.269 e. The van der Waals surface area contributed by atoms with Crippen molar-refractivity contribution in [2.75, 3.05) is 0 Å². The van der Waals surface area contributed by atoms with Crippen molar-refractivity contribution in [3.05, 3.63) is 47.1 Å². The lowest BCUT2D eigenvalue weighted by Crippen LogP contribution is -2.11. The molecule has 0 amide bonds. The maximum absolute atomic E-state index is 14.2. The Kier molecular flexibility index (Phi) is 5.44. The number of nitrogens with zero attached hydrogens (tertiary/aromatic N) is 2. The molecule has 2 rings (SSSR count). The van der Waals surface area contributed by atoms with Gasteiger partial charge in [0, 0.05) is 17.8 Å². The molecule has 0 bridgehead atoms. The minimum Gasteiger partial charge on any atom is -0.269 e. The normalized spacial score (nSPS) is 17.4. The van der Waals surface area contributed by atoms with Gasteiger partial charge in [-0.25, -0.2) is 4.39 Å². The van der Waals surface area contributed by atoms with Gasteiger partial charge in [0.15, 0.2) is 0 Å². The van der Waals surface area contributed by atoms with Gasteiger partial charge in [-0.3, -0.25) is 4.68 Å². The first-order chi connectivity index (χ1) is 10.9. The molecule has 2 nitrogen and oxygen atoms in total. The predicted octanol–water partition coefficient (Wildman–Crippen LogP) is 5.37. The number of allylic oxidation sites excluding steroid dienone is 6. The van der Waals surface area contributed by atoms with E-state index in [1.165, 1.54) is 6.92 Å². The maximum atomic E-state index is 14.2. The minimum atomic E-state index is -4.52. The zero-order chi connectivity index (χ0) is 17.0. The van der Waals surface area contributed by atoms with Gasteiger partial charge in [0.05, 0.1) is 11.3 Å². The molecule has 1 aliphatic rings. The molecule has 2 heterocycles. The van der Waals surface area contributed by atoms with Crippen molar-refractivity contribution in [1.82, 2.24) is 9.78 Å². The number of aromatic nitrogens is 2. The molecule has 0 radical (unpaired) electrons. The lowest BCUT2D eigenvalue weighted by atomic mass is 10.0. The molecule has 0 fully saturated rings. The highest BCUT2D eigenvalue weighted by Gasteiger charge is 2.32. The van der Waals surface area contributed by atoms with Crippen molar-refractivity contribution < 1.29 is 17.6 Å². The quantitative estimate of drug-likeness (QED) is 0.536. The average molecular weight is 328 g/mol. The molecule has 126 valence electrons. The van der Waals surface area contributed by atoms with Crippen LogP contribution in [-0.2, 0) is 13.0 Å². The molecule has 1 aromatic heterocycles. The first-order valence-corrected chi connectivity index (χ1v) is 7.75. The van der Waals surface area contributed by atoms with Crippen LogP contribution in [0.25, 0.3) is 5.57 Å². The summed E-state index contributed by atoms with van der Waals surface area (Å²) in [4.78, 5) is 0. The molecule has 0 saturated heterocycles. The van der Waals surface area contributed by atoms with Crippen LogP contribution >= 0.6 is 0 Å². The topological polar surface area (TPSA) is 17.8 Å². The first-order valence-electron chi connectivity index (χ1n) is 7.75. The third kappa shape index (κ3) is 4.12. The van der Waals surface area contributed by atoms with E-state index in [-0.39, 0.29) is 17.7 Å². The Morgan fingerprint density at radius 2 is 2.09 bits per heavy atom. The zero-order valence-corrected chi connectivity index (χ0v) is 13.3. The fraction of sp³-hybridized carbons (Fsp3) is 0.471. The van der Waals surface area contributed by atoms with Gasteiger partial charge in [0.1, 0.15) is 5.83 Å². The summed E-state index contributed by atoms with van der Waals surface area (Å²) in [5.41, 5.74) is 0.224. The lowest BCUT2D eigenvalue weighted by molar-refractivity contribution is -0.0883. The second-order valence-electron chi connectivity index (χ2n) is 5.46. The molecule has 1 aliphatic heterocycles. The van der Waals surface area contributed by atoms with Gasteiger partial charge in [-0.2, -0.15) is 18.3 Å². The standard InChI is InChI=1S/C17H20F4N2/c1-3-7-12(17(19,20)21)10-14(15(18)4-2)16-11-13-8-5-6-9-23(13)22-16/h4,7,10-11H,3,5-6,8-9H2,1-2H3/b12-7-,14-10+,15-4+. The first kappa shape index (κ1) is 17.5. The van der Waals surface area contributed by atoms with Crippen molar-refractivity contribution in [3.8, 4) is 0 Å². The van der Waals surface area contributed by atoms with Crippen LogP contribution in [0.2, 0.25) is 0 Å². The van der Waals surface area contributed by atoms with Gasteiger partial charge >= 0.3 is 6.18 Å². The molecule has 0 aliphatic carbocycles. The second kappa shape index (κ2) is 7.15. The third-order valence-electron chi connectivity index (χ3n) is 3.75. The van der Waals surface area contributed by atoms with Gasteiger partial charge in [-0.15, -0.1) is 0 Å². The Morgan fingerprint density at radius 3 is 2.65 bits per heavy atom. The van der Waals surface area contributed by atoms with Crippen LogP contribution in [0.4, 0.5) is 17.6 Å². The summed E-state index contributed by atoms with van der Waals surface area (Å²) >= 11 is 0. The fourth-order valence-electron chi connectivity index (χ4n) is 2.60. The van der Waals surface area contributed by atoms with Crippen LogP contribution in [0, 0.1) is 0 Å². The van der Waals surface area contributed by atoms with Crippen LogP contribution in [0.1, 0.15) is 44.5 Å². The van der Waals surface area contributed by atoms with E-state index in [4.69, 9.17) is 0 Å². The van der Waals surface area contributed by atoms with Crippen molar-refractivity contribution >= 4 is 5.57 Å². The summed E-state index contributed by atoms with van der Waals surface area (Å²) in [6.07, 6.45) is 1.57. The highest BCUT2D eigenvalue weighted by atomic mass is 19.4. The van der Waals surface area contributed by atoms with E-state index in [0.29, 0.717) is 0 Å². The lowest BCUT2D eigenvalue weighted by Gasteiger charge is -2.12. The number of alkyl halides is 3. The summed E-state index contributed by atoms with van der Waals surface area (Å²) in [6.45, 7) is 3.79. The summed E-state index contributed by atoms with van der Waals surface area (Å²) in [7, 11) is 0. The third-order valence-corrected chi connectivity index (χ3v) is 3.75. The van der Waals surface area contributed by atoms with Crippen LogP contribution < -0.4 is 0 Å². The number of hydrogen-bond acceptors (Lipinski definition) is 1. The molecule has 0 aromatic carbocycles. The number of aryl methyl sites for hydroxylation is 2. The fourth-order valence-corrected chi connectivity index (χ4v) is 2.60. The minimum absolute atomic E-state index is 0.119. The maximum Gasteiger partial charge on any atom is 0.416 e. The molecule has 0 atom stereocenters. The molecule has 6 heteroatoms. The Balaban J connectivity index is 2.51. The van der Waals surface area contributed by atoms with Gasteiger partial charge in [-0.1, -0.05) is 19.1 Å². The monoisotopic (exact) mass is 328 g/mol. The van der Waals surface area contributed by atoms with Gasteiger partial charge in [0.2, 0.25) is 0 Å². The second-order valence-corrected chi connectivity index (χ2v) is 5.46. The number of fused-ring (bicyclic) bond motifs is 1. The van der Waals surface area contributed by atoms with Crippen molar-refractivity contribution in [3.63, 3.8) is 0 Å². The average Bonchev–Trinajstić information content (AvgIpc) is 2.93. The summed E-state index contributed by atoms with van der Waals surface area (Å²) in [6, 6.07) is 1.69. The van der Waals surface area contributed by atoms with Crippen molar-refractivity contribution in [2.24, 2.45) is 0 Å². The molecule has 0 N–H and O–H groups in total. The molecule has 0 saturated carbocycles. The SMILES string of the molecule is C\C=C(F)/C(=C\C(=C\CC)C(F)(F)F)c1cc2n(n1)CCCC2. The Labute approximate surface area is 133 Å². The largest absolute Gasteiger partial charge is 0.416 e. The van der Waals surface area contributed by atoms with Crippen LogP contribution in [0.3, 0.4) is 0 Å². The van der Waals surface area contributed by atoms with Crippen LogP contribution in [0.5, 0.6) is 0 Å². The Hall–Kier alpha value is -1.85. The predicted molar refractivity (Wildman–Crippen MR) is 82.4 cm³/mol. The van der Waals surface area contributed by atoms with E-state index >= 15 is 0 Å². The van der Waals surface area contributed by atoms with E-state index in [9.17, 15) is 17.6 Å². The number of hydrogen-bond donors (Lipinski definition) is 0. The van der Waals surface area contributed by atoms with Gasteiger partial charge in [-0.05, 0) is 44.7 Å². The molecular formula is C17H20F4N2. The molecular weight excluding hydrogens is 308 g/mol. The number of halogens is 4. The summed E-state index contributed by atoms with van der Waals surface area (Å²) in [5.74, 6) is -0.702. The summed E-state index contributed by atoms with van der Waals surface area (Å²) in [5, 5.41) is 4.29. The van der Waals surface area contributed by atoms with E-state index in [1.54, 1.807) is 17.7 Å². The van der Waals surface area contributed by atoms with E-state index in [1.807, 2.05) is 0 Å². The highest BCUT2D eigenvalue weighted by molar-refractivity contribution is 5.77. The molecule has 1 aromatic rings. The Morgan fingerprint density at radius 1 is 1.35 bits per heavy atom. The number of rotatable bonds is 4. The van der Waals surface area contributed by atoms with Crippen molar-refractivity contribution in [2.45, 2.75) is 52.3 Å². The van der Waals surface area contributed by atoms with Crippen LogP contribution in [-0.4, -0.2) is 16.0 Å². The molecule has 23 heavy (non-hydrogen) atoms. The van der Waals surface area contributed by atoms with E-state index in [0.717, 1.165) is 49.7 Å². The van der Waals surface area contributed by atoms with E-state index in [2.05, 4.69) is 5.10 Å². The van der Waals surface area contributed by atoms with Crippen molar-refractivity contribution in [1.29, 1.82) is 0 Å². The Bertz CT molecular complexity index is 625. The van der Waals surface area contributed by atoms with Gasteiger partial charge < -0.3 is 0 Å².